The number of ether oxygens (including phenoxy) is 1. The van der Waals surface area contributed by atoms with E-state index in [2.05, 4.69) is 15.5 Å². The van der Waals surface area contributed by atoms with Gasteiger partial charge in [0.2, 0.25) is 5.43 Å². The summed E-state index contributed by atoms with van der Waals surface area (Å²) in [5.41, 5.74) is 7.30. The maximum Gasteiger partial charge on any atom is 0.412 e. The Bertz CT molecular complexity index is 1010. The second-order valence-corrected chi connectivity index (χ2v) is 6.07. The average molecular weight is 382 g/mol. The summed E-state index contributed by atoms with van der Waals surface area (Å²) in [5, 5.41) is 11.2. The van der Waals surface area contributed by atoms with Crippen LogP contribution in [0.5, 0.6) is 5.75 Å². The number of nitrogens with two attached hydrogens (primary N) is 1. The molecule has 3 N–H and O–H groups in total. The van der Waals surface area contributed by atoms with Crippen LogP contribution in [-0.2, 0) is 13.0 Å². The van der Waals surface area contributed by atoms with Crippen LogP contribution in [0.4, 0.5) is 4.79 Å². The quantitative estimate of drug-likeness (QED) is 0.632. The maximum atomic E-state index is 12.3. The number of amides is 1. The molecule has 28 heavy (non-hydrogen) atoms. The van der Waals surface area contributed by atoms with Crippen LogP contribution in [0.1, 0.15) is 18.2 Å². The Morgan fingerprint density at radius 3 is 2.96 bits per heavy atom. The summed E-state index contributed by atoms with van der Waals surface area (Å²) in [6, 6.07) is 8.48. The van der Waals surface area contributed by atoms with E-state index in [0.29, 0.717) is 37.5 Å². The highest BCUT2D eigenvalue weighted by molar-refractivity contribution is 5.70. The molecule has 0 aliphatic rings. The third-order valence-corrected chi connectivity index (χ3v) is 3.92. The van der Waals surface area contributed by atoms with E-state index in [0.717, 1.165) is 11.3 Å². The van der Waals surface area contributed by atoms with Gasteiger partial charge >= 0.3 is 6.09 Å². The number of rotatable bonds is 7. The zero-order valence-corrected chi connectivity index (χ0v) is 15.5. The van der Waals surface area contributed by atoms with Crippen molar-refractivity contribution in [2.24, 2.45) is 5.73 Å². The minimum Gasteiger partial charge on any atom is -0.410 e. The van der Waals surface area contributed by atoms with E-state index < -0.39 is 6.09 Å². The number of benzene rings is 1. The lowest BCUT2D eigenvalue weighted by molar-refractivity contribution is 0.201. The molecule has 0 aliphatic heterocycles. The Labute approximate surface area is 161 Å². The lowest BCUT2D eigenvalue weighted by Crippen LogP contribution is -2.26. The lowest BCUT2D eigenvalue weighted by Gasteiger charge is -2.08. The highest BCUT2D eigenvalue weighted by atomic mass is 16.6. The van der Waals surface area contributed by atoms with Crippen molar-refractivity contribution in [3.8, 4) is 11.4 Å². The van der Waals surface area contributed by atoms with Crippen molar-refractivity contribution in [3.05, 3.63) is 70.4 Å². The highest BCUT2D eigenvalue weighted by Crippen LogP contribution is 2.15. The summed E-state index contributed by atoms with van der Waals surface area (Å²) in [5.74, 6) is 0.405. The molecule has 3 rings (SSSR count). The minimum absolute atomic E-state index is 0.166. The lowest BCUT2D eigenvalue weighted by atomic mass is 10.1. The fraction of sp³-hybridized carbons (Fsp3) is 0.263. The van der Waals surface area contributed by atoms with Crippen molar-refractivity contribution >= 4 is 6.09 Å². The number of carbonyl (C=O) groups is 1. The molecule has 0 unspecified atom stereocenters. The molecule has 0 saturated heterocycles. The molecular formula is C19H22N6O3. The summed E-state index contributed by atoms with van der Waals surface area (Å²) < 4.78 is 8.53. The van der Waals surface area contributed by atoms with Crippen molar-refractivity contribution in [3.63, 3.8) is 0 Å². The van der Waals surface area contributed by atoms with Crippen LogP contribution in [0.25, 0.3) is 5.69 Å². The molecule has 3 aromatic rings. The fourth-order valence-electron chi connectivity index (χ4n) is 2.64. The number of nitrogens with zero attached hydrogens (tertiary/aromatic N) is 4. The zero-order chi connectivity index (χ0) is 19.9. The first-order valence-corrected chi connectivity index (χ1v) is 8.95. The zero-order valence-electron chi connectivity index (χ0n) is 15.5. The van der Waals surface area contributed by atoms with E-state index in [1.165, 1.54) is 6.07 Å². The van der Waals surface area contributed by atoms with Gasteiger partial charge in [-0.25, -0.2) is 9.48 Å². The number of aromatic nitrogens is 4. The van der Waals surface area contributed by atoms with E-state index in [1.807, 2.05) is 19.2 Å². The second kappa shape index (κ2) is 8.96. The van der Waals surface area contributed by atoms with Gasteiger partial charge in [0, 0.05) is 31.8 Å². The maximum absolute atomic E-state index is 12.3. The smallest absolute Gasteiger partial charge is 0.410 e. The van der Waals surface area contributed by atoms with Crippen LogP contribution < -0.4 is 21.2 Å². The van der Waals surface area contributed by atoms with Gasteiger partial charge in [-0.15, -0.1) is 0 Å². The molecule has 9 heteroatoms. The molecule has 1 aromatic carbocycles. The molecule has 2 heterocycles. The van der Waals surface area contributed by atoms with Gasteiger partial charge in [-0.05, 0) is 24.6 Å². The molecular weight excluding hydrogens is 360 g/mol. The van der Waals surface area contributed by atoms with Crippen LogP contribution in [0.15, 0.2) is 53.7 Å². The van der Waals surface area contributed by atoms with Crippen LogP contribution >= 0.6 is 0 Å². The molecule has 0 atom stereocenters. The average Bonchev–Trinajstić information content (AvgIpc) is 3.13. The summed E-state index contributed by atoms with van der Waals surface area (Å²) in [6.07, 6.45) is 4.87. The predicted octanol–water partition coefficient (Wildman–Crippen LogP) is 1.09. The van der Waals surface area contributed by atoms with Crippen LogP contribution in [0.2, 0.25) is 0 Å². The van der Waals surface area contributed by atoms with Crippen LogP contribution in [-0.4, -0.2) is 38.7 Å². The molecule has 0 saturated carbocycles. The SMILES string of the molecule is CCNC(=O)Oc1cccc(Cc2nn(-c3cnn(CCN)c3)ccc2=O)c1. The topological polar surface area (TPSA) is 117 Å². The number of carbonyl (C=O) groups excluding carboxylic acids is 1. The Morgan fingerprint density at radius 1 is 1.32 bits per heavy atom. The molecule has 0 fully saturated rings. The highest BCUT2D eigenvalue weighted by Gasteiger charge is 2.09. The van der Waals surface area contributed by atoms with E-state index in [1.54, 1.807) is 40.0 Å². The normalized spacial score (nSPS) is 10.6. The molecule has 0 spiro atoms. The van der Waals surface area contributed by atoms with E-state index in [4.69, 9.17) is 10.5 Å². The van der Waals surface area contributed by atoms with Gasteiger partial charge in [-0.2, -0.15) is 10.2 Å². The molecule has 2 aromatic heterocycles. The Hall–Kier alpha value is -3.46. The first kappa shape index (κ1) is 19.3. The van der Waals surface area contributed by atoms with Gasteiger partial charge in [0.25, 0.3) is 0 Å². The molecule has 0 bridgehead atoms. The Balaban J connectivity index is 1.80. The standard InChI is InChI=1S/C19H22N6O3/c1-2-21-19(27)28-16-5-3-4-14(10-16)11-17-18(26)6-8-25(23-17)15-12-22-24(13-15)9-7-20/h3-6,8,10,12-13H,2,7,9,11,20H2,1H3,(H,21,27). The monoisotopic (exact) mass is 382 g/mol. The summed E-state index contributed by atoms with van der Waals surface area (Å²) in [4.78, 5) is 23.8. The van der Waals surface area contributed by atoms with Gasteiger partial charge in [0.15, 0.2) is 0 Å². The van der Waals surface area contributed by atoms with Crippen molar-refractivity contribution < 1.29 is 9.53 Å². The van der Waals surface area contributed by atoms with Crippen LogP contribution in [0, 0.1) is 0 Å². The van der Waals surface area contributed by atoms with Crippen LogP contribution in [0.3, 0.4) is 0 Å². The molecule has 146 valence electrons. The first-order chi connectivity index (χ1) is 13.6. The van der Waals surface area contributed by atoms with Gasteiger partial charge in [0.1, 0.15) is 17.1 Å². The third-order valence-electron chi connectivity index (χ3n) is 3.92. The molecule has 9 nitrogen and oxygen atoms in total. The minimum atomic E-state index is -0.519. The van der Waals surface area contributed by atoms with Gasteiger partial charge < -0.3 is 15.8 Å². The van der Waals surface area contributed by atoms with E-state index >= 15 is 0 Å². The largest absolute Gasteiger partial charge is 0.412 e. The predicted molar refractivity (Wildman–Crippen MR) is 104 cm³/mol. The summed E-state index contributed by atoms with van der Waals surface area (Å²) in [6.45, 7) is 3.38. The van der Waals surface area contributed by atoms with Crippen molar-refractivity contribution in [1.82, 2.24) is 24.9 Å². The molecule has 0 aliphatic carbocycles. The Kier molecular flexibility index (Phi) is 6.18. The summed E-state index contributed by atoms with van der Waals surface area (Å²) in [7, 11) is 0. The van der Waals surface area contributed by atoms with Crippen molar-refractivity contribution in [2.75, 3.05) is 13.1 Å². The number of hydrogen-bond acceptors (Lipinski definition) is 6. The number of hydrogen-bond donors (Lipinski definition) is 2. The Morgan fingerprint density at radius 2 is 2.18 bits per heavy atom. The second-order valence-electron chi connectivity index (χ2n) is 6.07. The van der Waals surface area contributed by atoms with Gasteiger partial charge in [0.05, 0.1) is 18.9 Å². The fourth-order valence-corrected chi connectivity index (χ4v) is 2.64. The van der Waals surface area contributed by atoms with Gasteiger partial charge in [-0.1, -0.05) is 12.1 Å². The van der Waals surface area contributed by atoms with Gasteiger partial charge in [-0.3, -0.25) is 9.48 Å². The molecule has 0 radical (unpaired) electrons. The summed E-state index contributed by atoms with van der Waals surface area (Å²) >= 11 is 0. The first-order valence-electron chi connectivity index (χ1n) is 8.95. The third kappa shape index (κ3) is 4.83. The van der Waals surface area contributed by atoms with E-state index in [-0.39, 0.29) is 5.43 Å². The number of nitrogens with one attached hydrogen (secondary N) is 1. The van der Waals surface area contributed by atoms with Crippen molar-refractivity contribution in [1.29, 1.82) is 0 Å². The van der Waals surface area contributed by atoms with Crippen molar-refractivity contribution in [2.45, 2.75) is 19.9 Å². The molecule has 1 amide bonds. The van der Waals surface area contributed by atoms with E-state index in [9.17, 15) is 9.59 Å².